The third-order valence-electron chi connectivity index (χ3n) is 4.29. The van der Waals surface area contributed by atoms with E-state index in [0.29, 0.717) is 16.9 Å². The highest BCUT2D eigenvalue weighted by molar-refractivity contribution is 7.92. The Morgan fingerprint density at radius 3 is 2.55 bits per heavy atom. The number of aromatic nitrogens is 3. The van der Waals surface area contributed by atoms with Crippen LogP contribution < -0.4 is 10.4 Å². The Labute approximate surface area is 166 Å². The van der Waals surface area contributed by atoms with E-state index >= 15 is 0 Å². The summed E-state index contributed by atoms with van der Waals surface area (Å²) in [4.78, 5) is 12.5. The van der Waals surface area contributed by atoms with Crippen molar-refractivity contribution in [3.05, 3.63) is 94.5 Å². The molecule has 2 heterocycles. The van der Waals surface area contributed by atoms with Crippen molar-refractivity contribution in [1.82, 2.24) is 14.2 Å². The molecule has 144 valence electrons. The topological polar surface area (TPSA) is 109 Å². The maximum atomic E-state index is 12.6. The summed E-state index contributed by atoms with van der Waals surface area (Å²) in [6.07, 6.45) is 1.64. The first kappa shape index (κ1) is 18.5. The van der Waals surface area contributed by atoms with E-state index < -0.39 is 10.0 Å². The molecule has 0 aliphatic carbocycles. The molecule has 0 saturated heterocycles. The lowest BCUT2D eigenvalue weighted by atomic mass is 10.2. The van der Waals surface area contributed by atoms with Gasteiger partial charge in [-0.2, -0.15) is 5.26 Å². The molecule has 0 amide bonds. The lowest BCUT2D eigenvalue weighted by molar-refractivity contribution is 0.601. The molecule has 0 unspecified atom stereocenters. The van der Waals surface area contributed by atoms with Crippen molar-refractivity contribution >= 4 is 21.4 Å². The summed E-state index contributed by atoms with van der Waals surface area (Å²) >= 11 is 0. The Kier molecular flexibility index (Phi) is 4.62. The second-order valence-corrected chi connectivity index (χ2v) is 7.99. The number of pyridine rings is 1. The molecule has 0 bridgehead atoms. The fourth-order valence-corrected chi connectivity index (χ4v) is 3.95. The summed E-state index contributed by atoms with van der Waals surface area (Å²) in [5.41, 5.74) is 1.72. The van der Waals surface area contributed by atoms with Gasteiger partial charge in [-0.25, -0.2) is 17.9 Å². The van der Waals surface area contributed by atoms with Crippen LogP contribution >= 0.6 is 0 Å². The third-order valence-corrected chi connectivity index (χ3v) is 5.69. The predicted molar refractivity (Wildman–Crippen MR) is 107 cm³/mol. The normalized spacial score (nSPS) is 11.3. The van der Waals surface area contributed by atoms with Crippen LogP contribution in [0.25, 0.3) is 5.65 Å². The van der Waals surface area contributed by atoms with Crippen LogP contribution in [0, 0.1) is 11.3 Å². The minimum Gasteiger partial charge on any atom is -0.280 e. The molecule has 8 nitrogen and oxygen atoms in total. The van der Waals surface area contributed by atoms with Crippen LogP contribution in [0.4, 0.5) is 5.69 Å². The molecule has 0 aliphatic heterocycles. The van der Waals surface area contributed by atoms with Crippen molar-refractivity contribution in [2.24, 2.45) is 0 Å². The molecular weight excluding hydrogens is 390 g/mol. The van der Waals surface area contributed by atoms with Crippen LogP contribution in [0.1, 0.15) is 11.1 Å². The molecule has 4 rings (SSSR count). The number of hydrogen-bond donors (Lipinski definition) is 1. The van der Waals surface area contributed by atoms with Gasteiger partial charge >= 0.3 is 5.69 Å². The molecule has 0 spiro atoms. The van der Waals surface area contributed by atoms with Gasteiger partial charge in [-0.05, 0) is 54.1 Å². The zero-order valence-corrected chi connectivity index (χ0v) is 15.9. The van der Waals surface area contributed by atoms with Gasteiger partial charge in [-0.15, -0.1) is 5.10 Å². The van der Waals surface area contributed by atoms with Crippen LogP contribution in [-0.2, 0) is 16.6 Å². The van der Waals surface area contributed by atoms with Crippen molar-refractivity contribution in [1.29, 1.82) is 5.26 Å². The van der Waals surface area contributed by atoms with Crippen molar-refractivity contribution in [2.45, 2.75) is 11.4 Å². The molecule has 2 aromatic carbocycles. The Morgan fingerprint density at radius 1 is 1.03 bits per heavy atom. The van der Waals surface area contributed by atoms with Crippen LogP contribution in [0.2, 0.25) is 0 Å². The lowest BCUT2D eigenvalue weighted by Gasteiger charge is -2.09. The van der Waals surface area contributed by atoms with Crippen LogP contribution in [0.5, 0.6) is 0 Å². The van der Waals surface area contributed by atoms with E-state index in [1.54, 1.807) is 48.7 Å². The van der Waals surface area contributed by atoms with E-state index in [9.17, 15) is 13.2 Å². The SMILES string of the molecule is N#Cc1ccc(S(=O)(=O)Nc2cccc(Cn3nc4ccccn4c3=O)c2)cc1. The van der Waals surface area contributed by atoms with Gasteiger partial charge in [0.25, 0.3) is 10.0 Å². The fourth-order valence-electron chi connectivity index (χ4n) is 2.90. The molecule has 0 atom stereocenters. The number of rotatable bonds is 5. The number of nitrogens with zero attached hydrogens (tertiary/aromatic N) is 4. The van der Waals surface area contributed by atoms with E-state index in [2.05, 4.69) is 9.82 Å². The highest BCUT2D eigenvalue weighted by atomic mass is 32.2. The average Bonchev–Trinajstić information content (AvgIpc) is 3.03. The first-order chi connectivity index (χ1) is 14.0. The highest BCUT2D eigenvalue weighted by Crippen LogP contribution is 2.18. The van der Waals surface area contributed by atoms with E-state index in [0.717, 1.165) is 5.56 Å². The van der Waals surface area contributed by atoms with E-state index in [1.807, 2.05) is 6.07 Å². The predicted octanol–water partition coefficient (Wildman–Crippen LogP) is 2.22. The highest BCUT2D eigenvalue weighted by Gasteiger charge is 2.14. The van der Waals surface area contributed by atoms with Gasteiger partial charge in [0.05, 0.1) is 23.1 Å². The summed E-state index contributed by atoms with van der Waals surface area (Å²) in [6, 6.07) is 19.6. The number of benzene rings is 2. The smallest absolute Gasteiger partial charge is 0.280 e. The maximum Gasteiger partial charge on any atom is 0.350 e. The Balaban J connectivity index is 1.59. The molecular formula is C20H15N5O3S. The Morgan fingerprint density at radius 2 is 1.83 bits per heavy atom. The standard InChI is InChI=1S/C20H15N5O3S/c21-13-15-7-9-18(10-8-15)29(27,28)23-17-5-3-4-16(12-17)14-25-20(26)24-11-2-1-6-19(24)22-25/h1-12,23H,14H2. The van der Waals surface area contributed by atoms with Gasteiger partial charge in [0.1, 0.15) is 0 Å². The van der Waals surface area contributed by atoms with Crippen LogP contribution in [0.15, 0.2) is 82.6 Å². The monoisotopic (exact) mass is 405 g/mol. The zero-order valence-electron chi connectivity index (χ0n) is 15.1. The molecule has 0 fully saturated rings. The van der Waals surface area contributed by atoms with Crippen molar-refractivity contribution in [3.63, 3.8) is 0 Å². The Bertz CT molecular complexity index is 1400. The number of fused-ring (bicyclic) bond motifs is 1. The third kappa shape index (κ3) is 3.74. The number of hydrogen-bond acceptors (Lipinski definition) is 5. The minimum absolute atomic E-state index is 0.0541. The number of sulfonamides is 1. The largest absolute Gasteiger partial charge is 0.350 e. The van der Waals surface area contributed by atoms with Crippen molar-refractivity contribution < 1.29 is 8.42 Å². The summed E-state index contributed by atoms with van der Waals surface area (Å²) in [7, 11) is -3.80. The zero-order chi connectivity index (χ0) is 20.4. The Hall–Kier alpha value is -3.90. The van der Waals surface area contributed by atoms with Gasteiger partial charge < -0.3 is 0 Å². The van der Waals surface area contributed by atoms with E-state index in [-0.39, 0.29) is 17.1 Å². The first-order valence-corrected chi connectivity index (χ1v) is 10.1. The summed E-state index contributed by atoms with van der Waals surface area (Å²) in [5.74, 6) is 0. The van der Waals surface area contributed by atoms with Gasteiger partial charge in [0.15, 0.2) is 5.65 Å². The van der Waals surface area contributed by atoms with Crippen LogP contribution in [0.3, 0.4) is 0 Å². The van der Waals surface area contributed by atoms with Gasteiger partial charge in [0, 0.05) is 11.9 Å². The molecule has 0 radical (unpaired) electrons. The molecule has 1 N–H and O–H groups in total. The molecule has 4 aromatic rings. The average molecular weight is 405 g/mol. The molecule has 0 aliphatic rings. The van der Waals surface area contributed by atoms with Crippen molar-refractivity contribution in [2.75, 3.05) is 4.72 Å². The van der Waals surface area contributed by atoms with Gasteiger partial charge in [0.2, 0.25) is 0 Å². The van der Waals surface area contributed by atoms with E-state index in [1.165, 1.54) is 33.3 Å². The van der Waals surface area contributed by atoms with Gasteiger partial charge in [-0.1, -0.05) is 18.2 Å². The van der Waals surface area contributed by atoms with Crippen molar-refractivity contribution in [3.8, 4) is 6.07 Å². The second-order valence-electron chi connectivity index (χ2n) is 6.31. The fraction of sp³-hybridized carbons (Fsp3) is 0.0500. The summed E-state index contributed by atoms with van der Waals surface area (Å²) < 4.78 is 30.4. The minimum atomic E-state index is -3.80. The quantitative estimate of drug-likeness (QED) is 0.548. The first-order valence-electron chi connectivity index (χ1n) is 8.62. The lowest BCUT2D eigenvalue weighted by Crippen LogP contribution is -2.21. The summed E-state index contributed by atoms with van der Waals surface area (Å²) in [6.45, 7) is 0.201. The number of nitriles is 1. The number of anilines is 1. The molecule has 29 heavy (non-hydrogen) atoms. The van der Waals surface area contributed by atoms with Crippen LogP contribution in [-0.4, -0.2) is 22.6 Å². The molecule has 9 heteroatoms. The summed E-state index contributed by atoms with van der Waals surface area (Å²) in [5, 5.41) is 13.1. The molecule has 2 aromatic heterocycles. The number of nitrogens with one attached hydrogen (secondary N) is 1. The van der Waals surface area contributed by atoms with Gasteiger partial charge in [-0.3, -0.25) is 9.12 Å². The second kappa shape index (κ2) is 7.26. The molecule has 0 saturated carbocycles. The van der Waals surface area contributed by atoms with E-state index in [4.69, 9.17) is 5.26 Å². The maximum absolute atomic E-state index is 12.6.